The summed E-state index contributed by atoms with van der Waals surface area (Å²) in [6, 6.07) is 16.1. The van der Waals surface area contributed by atoms with Crippen molar-refractivity contribution in [3.8, 4) is 11.1 Å². The second-order valence-corrected chi connectivity index (χ2v) is 7.97. The molecule has 1 aliphatic heterocycles. The predicted molar refractivity (Wildman–Crippen MR) is 106 cm³/mol. The zero-order valence-corrected chi connectivity index (χ0v) is 16.2. The monoisotopic (exact) mass is 379 g/mol. The fraction of sp³-hybridized carbons (Fsp3) is 0.391. The SMILES string of the molecule is CC(C)[C@@H]1[C@H](C(=O)O)CCN1C(=O)OCC1c2ccccc2-c2ccccc21. The maximum absolute atomic E-state index is 12.8. The molecule has 28 heavy (non-hydrogen) atoms. The van der Waals surface area contributed by atoms with Crippen molar-refractivity contribution >= 4 is 12.1 Å². The maximum Gasteiger partial charge on any atom is 0.410 e. The highest BCUT2D eigenvalue weighted by atomic mass is 16.6. The van der Waals surface area contributed by atoms with Crippen molar-refractivity contribution in [2.24, 2.45) is 11.8 Å². The molecule has 146 valence electrons. The molecule has 1 fully saturated rings. The zero-order valence-electron chi connectivity index (χ0n) is 16.2. The molecule has 0 saturated carbocycles. The molecule has 0 unspecified atom stereocenters. The summed E-state index contributed by atoms with van der Waals surface area (Å²) in [4.78, 5) is 26.0. The molecule has 2 atom stereocenters. The molecule has 5 heteroatoms. The second kappa shape index (κ2) is 7.30. The second-order valence-electron chi connectivity index (χ2n) is 7.97. The predicted octanol–water partition coefficient (Wildman–Crippen LogP) is 4.37. The largest absolute Gasteiger partial charge is 0.481 e. The minimum atomic E-state index is -0.840. The van der Waals surface area contributed by atoms with Gasteiger partial charge in [0.15, 0.2) is 0 Å². The molecule has 1 N–H and O–H groups in total. The van der Waals surface area contributed by atoms with Crippen LogP contribution in [-0.2, 0) is 9.53 Å². The number of nitrogens with zero attached hydrogens (tertiary/aromatic N) is 1. The molecule has 4 rings (SSSR count). The van der Waals surface area contributed by atoms with Crippen molar-refractivity contribution < 1.29 is 19.4 Å². The molecular formula is C23H25NO4. The third-order valence-corrected chi connectivity index (χ3v) is 6.02. The minimum absolute atomic E-state index is 0.00623. The van der Waals surface area contributed by atoms with E-state index in [-0.39, 0.29) is 24.5 Å². The fourth-order valence-corrected chi connectivity index (χ4v) is 4.80. The van der Waals surface area contributed by atoms with Crippen LogP contribution in [0.5, 0.6) is 0 Å². The molecule has 0 bridgehead atoms. The van der Waals surface area contributed by atoms with Gasteiger partial charge in [-0.3, -0.25) is 4.79 Å². The molecule has 2 aromatic rings. The van der Waals surface area contributed by atoms with Gasteiger partial charge in [-0.05, 0) is 34.6 Å². The van der Waals surface area contributed by atoms with E-state index in [1.807, 2.05) is 38.1 Å². The number of fused-ring (bicyclic) bond motifs is 3. The number of carbonyl (C=O) groups excluding carboxylic acids is 1. The number of rotatable bonds is 4. The van der Waals surface area contributed by atoms with Gasteiger partial charge in [0.2, 0.25) is 0 Å². The van der Waals surface area contributed by atoms with Crippen LogP contribution in [0.3, 0.4) is 0 Å². The number of hydrogen-bond acceptors (Lipinski definition) is 3. The van der Waals surface area contributed by atoms with Crippen LogP contribution in [0.25, 0.3) is 11.1 Å². The number of carboxylic acids is 1. The highest BCUT2D eigenvalue weighted by molar-refractivity contribution is 5.79. The average Bonchev–Trinajstić information content (AvgIpc) is 3.27. The van der Waals surface area contributed by atoms with E-state index in [9.17, 15) is 14.7 Å². The number of hydrogen-bond donors (Lipinski definition) is 1. The lowest BCUT2D eigenvalue weighted by molar-refractivity contribution is -0.142. The lowest BCUT2D eigenvalue weighted by atomic mass is 9.91. The summed E-state index contributed by atoms with van der Waals surface area (Å²) in [6.45, 7) is 4.59. The smallest absolute Gasteiger partial charge is 0.410 e. The average molecular weight is 379 g/mol. The van der Waals surface area contributed by atoms with E-state index in [0.717, 1.165) is 0 Å². The number of aliphatic carboxylic acids is 1. The van der Waals surface area contributed by atoms with Crippen LogP contribution in [0.1, 0.15) is 37.3 Å². The first kappa shape index (κ1) is 18.5. The highest BCUT2D eigenvalue weighted by Crippen LogP contribution is 2.44. The van der Waals surface area contributed by atoms with Crippen molar-refractivity contribution in [1.29, 1.82) is 0 Å². The quantitative estimate of drug-likeness (QED) is 0.857. The van der Waals surface area contributed by atoms with Crippen molar-refractivity contribution in [2.75, 3.05) is 13.2 Å². The summed E-state index contributed by atoms with van der Waals surface area (Å²) in [6.07, 6.45) is 0.0619. The highest BCUT2D eigenvalue weighted by Gasteiger charge is 2.43. The summed E-state index contributed by atoms with van der Waals surface area (Å²) in [5.41, 5.74) is 4.71. The maximum atomic E-state index is 12.8. The Balaban J connectivity index is 1.52. The topological polar surface area (TPSA) is 66.8 Å². The summed E-state index contributed by atoms with van der Waals surface area (Å²) in [7, 11) is 0. The number of benzene rings is 2. The van der Waals surface area contributed by atoms with Crippen LogP contribution in [0.2, 0.25) is 0 Å². The third-order valence-electron chi connectivity index (χ3n) is 6.02. The Morgan fingerprint density at radius 2 is 1.64 bits per heavy atom. The number of amides is 1. The fourth-order valence-electron chi connectivity index (χ4n) is 4.80. The van der Waals surface area contributed by atoms with E-state index < -0.39 is 18.0 Å². The Hall–Kier alpha value is -2.82. The van der Waals surface area contributed by atoms with Crippen LogP contribution in [0, 0.1) is 11.8 Å². The van der Waals surface area contributed by atoms with Gasteiger partial charge in [0.1, 0.15) is 6.61 Å². The van der Waals surface area contributed by atoms with Gasteiger partial charge in [-0.2, -0.15) is 0 Å². The van der Waals surface area contributed by atoms with Crippen LogP contribution < -0.4 is 0 Å². The van der Waals surface area contributed by atoms with Crippen LogP contribution in [-0.4, -0.2) is 41.3 Å². The summed E-state index contributed by atoms with van der Waals surface area (Å²) >= 11 is 0. The van der Waals surface area contributed by atoms with Crippen molar-refractivity contribution in [1.82, 2.24) is 4.90 Å². The van der Waals surface area contributed by atoms with E-state index in [2.05, 4.69) is 24.3 Å². The standard InChI is InChI=1S/C23H25NO4/c1-14(2)21-19(22(25)26)11-12-24(21)23(27)28-13-20-17-9-5-3-7-15(17)16-8-4-6-10-18(16)20/h3-10,14,19-21H,11-13H2,1-2H3,(H,25,26)/t19-,21-/m1/s1. The molecule has 1 amide bonds. The Bertz CT molecular complexity index is 861. The van der Waals surface area contributed by atoms with Crippen molar-refractivity contribution in [3.05, 3.63) is 59.7 Å². The van der Waals surface area contributed by atoms with Crippen LogP contribution in [0.4, 0.5) is 4.79 Å². The molecule has 5 nitrogen and oxygen atoms in total. The Labute approximate surface area is 164 Å². The first-order valence-electron chi connectivity index (χ1n) is 9.83. The molecule has 2 aromatic carbocycles. The minimum Gasteiger partial charge on any atom is -0.481 e. The van der Waals surface area contributed by atoms with Gasteiger partial charge in [0.05, 0.1) is 12.0 Å². The van der Waals surface area contributed by atoms with Gasteiger partial charge in [-0.15, -0.1) is 0 Å². The van der Waals surface area contributed by atoms with Crippen LogP contribution >= 0.6 is 0 Å². The normalized spacial score (nSPS) is 20.9. The lowest BCUT2D eigenvalue weighted by Crippen LogP contribution is -2.43. The van der Waals surface area contributed by atoms with E-state index in [1.54, 1.807) is 4.90 Å². The molecule has 0 spiro atoms. The van der Waals surface area contributed by atoms with E-state index >= 15 is 0 Å². The molecular weight excluding hydrogens is 354 g/mol. The lowest BCUT2D eigenvalue weighted by Gasteiger charge is -2.29. The van der Waals surface area contributed by atoms with Crippen molar-refractivity contribution in [3.63, 3.8) is 0 Å². The third kappa shape index (κ3) is 3.05. The Morgan fingerprint density at radius 3 is 2.18 bits per heavy atom. The first-order chi connectivity index (χ1) is 13.5. The van der Waals surface area contributed by atoms with Gasteiger partial charge < -0.3 is 14.7 Å². The molecule has 0 aromatic heterocycles. The number of carboxylic acid groups (broad SMARTS) is 1. The Morgan fingerprint density at radius 1 is 1.07 bits per heavy atom. The van der Waals surface area contributed by atoms with Crippen LogP contribution in [0.15, 0.2) is 48.5 Å². The Kier molecular flexibility index (Phi) is 4.84. The summed E-state index contributed by atoms with van der Waals surface area (Å²) < 4.78 is 5.73. The van der Waals surface area contributed by atoms with Gasteiger partial charge >= 0.3 is 12.1 Å². The van der Waals surface area contributed by atoms with E-state index in [1.165, 1.54) is 22.3 Å². The zero-order chi connectivity index (χ0) is 19.8. The molecule has 0 radical (unpaired) electrons. The molecule has 1 heterocycles. The van der Waals surface area contributed by atoms with E-state index in [4.69, 9.17) is 4.74 Å². The molecule has 1 saturated heterocycles. The number of likely N-dealkylation sites (tertiary alicyclic amines) is 1. The molecule has 2 aliphatic rings. The summed E-state index contributed by atoms with van der Waals surface area (Å²) in [5.74, 6) is -1.30. The number of ether oxygens (including phenoxy) is 1. The number of carbonyl (C=O) groups is 2. The molecule has 1 aliphatic carbocycles. The van der Waals surface area contributed by atoms with Crippen molar-refractivity contribution in [2.45, 2.75) is 32.2 Å². The van der Waals surface area contributed by atoms with Gasteiger partial charge in [-0.25, -0.2) is 4.79 Å². The van der Waals surface area contributed by atoms with Gasteiger partial charge in [0.25, 0.3) is 0 Å². The van der Waals surface area contributed by atoms with E-state index in [0.29, 0.717) is 13.0 Å². The van der Waals surface area contributed by atoms with Gasteiger partial charge in [0, 0.05) is 12.5 Å². The first-order valence-corrected chi connectivity index (χ1v) is 9.83. The summed E-state index contributed by atoms with van der Waals surface area (Å²) in [5, 5.41) is 9.47. The van der Waals surface area contributed by atoms with Gasteiger partial charge in [-0.1, -0.05) is 62.4 Å².